The Morgan fingerprint density at radius 3 is 2.50 bits per heavy atom. The second-order valence-corrected chi connectivity index (χ2v) is 6.78. The number of ether oxygens (including phenoxy) is 2. The molecule has 1 saturated heterocycles. The van der Waals surface area contributed by atoms with Gasteiger partial charge in [-0.3, -0.25) is 4.79 Å². The van der Waals surface area contributed by atoms with E-state index < -0.39 is 29.3 Å². The smallest absolute Gasteiger partial charge is 0.346 e. The second kappa shape index (κ2) is 8.32. The molecular weight excluding hydrogens is 393 g/mol. The highest BCUT2D eigenvalue weighted by molar-refractivity contribution is 6.07. The number of carbonyl (C=O) groups excluding carboxylic acids is 3. The van der Waals surface area contributed by atoms with Crippen molar-refractivity contribution in [1.82, 2.24) is 10.3 Å². The average Bonchev–Trinajstić information content (AvgIpc) is 2.96. The molecule has 1 aliphatic rings. The third-order valence-electron chi connectivity index (χ3n) is 4.74. The van der Waals surface area contributed by atoms with Crippen LogP contribution in [-0.2, 0) is 4.79 Å². The van der Waals surface area contributed by atoms with Crippen LogP contribution in [0.4, 0.5) is 9.18 Å². The van der Waals surface area contributed by atoms with E-state index in [2.05, 4.69) is 10.4 Å². The lowest BCUT2D eigenvalue weighted by Crippen LogP contribution is -2.42. The molecule has 1 fully saturated rings. The minimum Gasteiger partial charge on any atom is -0.493 e. The fraction of sp³-hybridized carbons (Fsp3) is 0.238. The van der Waals surface area contributed by atoms with Gasteiger partial charge in [0.15, 0.2) is 11.5 Å². The first-order valence-electron chi connectivity index (χ1n) is 9.14. The maximum Gasteiger partial charge on any atom is 0.346 e. The van der Waals surface area contributed by atoms with Crippen molar-refractivity contribution < 1.29 is 28.2 Å². The van der Waals surface area contributed by atoms with Gasteiger partial charge in [-0.05, 0) is 61.4 Å². The number of hydrogen-bond donors (Lipinski definition) is 1. The summed E-state index contributed by atoms with van der Waals surface area (Å²) < 4.78 is 23.6. The Kier molecular flexibility index (Phi) is 5.81. The molecule has 0 unspecified atom stereocenters. The molecule has 2 aromatic rings. The minimum absolute atomic E-state index is 0.150. The Morgan fingerprint density at radius 2 is 1.90 bits per heavy atom. The van der Waals surface area contributed by atoms with Crippen LogP contribution < -0.4 is 14.8 Å². The first-order chi connectivity index (χ1) is 14.3. The standard InChI is InChI=1S/C21H20FN3O5/c1-4-21(2)19(27)25(20(28)24-21)23-12-13-5-10-16(17(11-13)29-3)30-18(26)14-6-8-15(22)9-7-14/h5-12H,4H2,1-3H3,(H,24,28)/b23-12-/t21-/m0/s1. The third kappa shape index (κ3) is 4.14. The molecule has 3 rings (SSSR count). The number of urea groups is 1. The van der Waals surface area contributed by atoms with Gasteiger partial charge in [-0.1, -0.05) is 6.92 Å². The van der Waals surface area contributed by atoms with E-state index in [0.717, 1.165) is 17.1 Å². The summed E-state index contributed by atoms with van der Waals surface area (Å²) in [5.41, 5.74) is -0.286. The van der Waals surface area contributed by atoms with Crippen LogP contribution in [-0.4, -0.2) is 41.8 Å². The van der Waals surface area contributed by atoms with Gasteiger partial charge in [0.2, 0.25) is 0 Å². The van der Waals surface area contributed by atoms with Gasteiger partial charge >= 0.3 is 12.0 Å². The molecule has 1 atom stereocenters. The molecule has 3 amide bonds. The number of carbonyl (C=O) groups is 3. The molecule has 2 aromatic carbocycles. The zero-order valence-electron chi connectivity index (χ0n) is 16.6. The van der Waals surface area contributed by atoms with Crippen molar-refractivity contribution >= 4 is 24.1 Å². The highest BCUT2D eigenvalue weighted by atomic mass is 19.1. The molecule has 0 aliphatic carbocycles. The number of nitrogens with zero attached hydrogens (tertiary/aromatic N) is 2. The van der Waals surface area contributed by atoms with Crippen molar-refractivity contribution in [2.75, 3.05) is 7.11 Å². The number of imide groups is 1. The van der Waals surface area contributed by atoms with E-state index in [9.17, 15) is 18.8 Å². The van der Waals surface area contributed by atoms with Gasteiger partial charge in [-0.25, -0.2) is 14.0 Å². The number of halogens is 1. The number of rotatable bonds is 6. The van der Waals surface area contributed by atoms with Gasteiger partial charge in [0.05, 0.1) is 18.9 Å². The largest absolute Gasteiger partial charge is 0.493 e. The Labute approximate surface area is 172 Å². The molecule has 9 heteroatoms. The van der Waals surface area contributed by atoms with Crippen LogP contribution in [0.1, 0.15) is 36.2 Å². The lowest BCUT2D eigenvalue weighted by molar-refractivity contribution is -0.130. The zero-order chi connectivity index (χ0) is 21.9. The number of nitrogens with one attached hydrogen (secondary N) is 1. The molecule has 1 N–H and O–H groups in total. The van der Waals surface area contributed by atoms with Gasteiger partial charge in [-0.2, -0.15) is 5.10 Å². The quantitative estimate of drug-likeness (QED) is 0.340. The van der Waals surface area contributed by atoms with Crippen molar-refractivity contribution in [3.05, 3.63) is 59.4 Å². The summed E-state index contributed by atoms with van der Waals surface area (Å²) in [4.78, 5) is 36.6. The Morgan fingerprint density at radius 1 is 1.20 bits per heavy atom. The molecule has 0 radical (unpaired) electrons. The maximum absolute atomic E-state index is 13.0. The van der Waals surface area contributed by atoms with Crippen molar-refractivity contribution in [3.63, 3.8) is 0 Å². The van der Waals surface area contributed by atoms with Crippen LogP contribution in [0.25, 0.3) is 0 Å². The van der Waals surface area contributed by atoms with Gasteiger partial charge in [0.25, 0.3) is 5.91 Å². The molecule has 0 aromatic heterocycles. The zero-order valence-corrected chi connectivity index (χ0v) is 16.6. The van der Waals surface area contributed by atoms with Crippen LogP contribution in [0.3, 0.4) is 0 Å². The first-order valence-corrected chi connectivity index (χ1v) is 9.14. The predicted octanol–water partition coefficient (Wildman–Crippen LogP) is 3.11. The maximum atomic E-state index is 13.0. The fourth-order valence-electron chi connectivity index (χ4n) is 2.73. The Hall–Kier alpha value is -3.75. The van der Waals surface area contributed by atoms with Gasteiger partial charge in [0, 0.05) is 0 Å². The van der Waals surface area contributed by atoms with Gasteiger partial charge in [-0.15, -0.1) is 5.01 Å². The molecule has 0 saturated carbocycles. The summed E-state index contributed by atoms with van der Waals surface area (Å²) in [6.07, 6.45) is 1.76. The molecule has 1 aliphatic heterocycles. The number of hydrazone groups is 1. The predicted molar refractivity (Wildman–Crippen MR) is 106 cm³/mol. The van der Waals surface area contributed by atoms with Crippen LogP contribution >= 0.6 is 0 Å². The van der Waals surface area contributed by atoms with Crippen molar-refractivity contribution in [2.45, 2.75) is 25.8 Å². The summed E-state index contributed by atoms with van der Waals surface area (Å²) in [7, 11) is 1.40. The first kappa shape index (κ1) is 21.0. The van der Waals surface area contributed by atoms with E-state index in [-0.39, 0.29) is 17.1 Å². The second-order valence-electron chi connectivity index (χ2n) is 6.78. The van der Waals surface area contributed by atoms with Crippen molar-refractivity contribution in [3.8, 4) is 11.5 Å². The molecule has 156 valence electrons. The third-order valence-corrected chi connectivity index (χ3v) is 4.74. The monoisotopic (exact) mass is 413 g/mol. The summed E-state index contributed by atoms with van der Waals surface area (Å²) in [6, 6.07) is 8.95. The van der Waals surface area contributed by atoms with E-state index in [4.69, 9.17) is 9.47 Å². The number of esters is 1. The topological polar surface area (TPSA) is 97.3 Å². The van der Waals surface area contributed by atoms with Crippen molar-refractivity contribution in [2.24, 2.45) is 5.10 Å². The van der Waals surface area contributed by atoms with E-state index in [1.54, 1.807) is 19.9 Å². The Bertz CT molecular complexity index is 1020. The summed E-state index contributed by atoms with van der Waals surface area (Å²) in [5.74, 6) is -1.18. The van der Waals surface area contributed by atoms with Gasteiger partial charge < -0.3 is 14.8 Å². The average molecular weight is 413 g/mol. The lowest BCUT2D eigenvalue weighted by Gasteiger charge is -2.17. The van der Waals surface area contributed by atoms with Crippen LogP contribution in [0.2, 0.25) is 0 Å². The van der Waals surface area contributed by atoms with Crippen molar-refractivity contribution in [1.29, 1.82) is 0 Å². The highest BCUT2D eigenvalue weighted by Crippen LogP contribution is 2.29. The molecular formula is C21H20FN3O5. The number of methoxy groups -OCH3 is 1. The molecule has 1 heterocycles. The van der Waals surface area contributed by atoms with E-state index in [1.165, 1.54) is 37.6 Å². The molecule has 0 spiro atoms. The summed E-state index contributed by atoms with van der Waals surface area (Å²) in [6.45, 7) is 3.43. The summed E-state index contributed by atoms with van der Waals surface area (Å²) >= 11 is 0. The normalized spacial score (nSPS) is 18.6. The van der Waals surface area contributed by atoms with E-state index in [1.807, 2.05) is 0 Å². The molecule has 0 bridgehead atoms. The number of amides is 3. The van der Waals surface area contributed by atoms with E-state index >= 15 is 0 Å². The van der Waals surface area contributed by atoms with Crippen LogP contribution in [0.5, 0.6) is 11.5 Å². The fourth-order valence-corrected chi connectivity index (χ4v) is 2.73. The SMILES string of the molecule is CC[C@]1(C)NC(=O)N(/N=C\c2ccc(OC(=O)c3ccc(F)cc3)c(OC)c2)C1=O. The number of hydrogen-bond acceptors (Lipinski definition) is 6. The summed E-state index contributed by atoms with van der Waals surface area (Å²) in [5, 5.41) is 7.35. The van der Waals surface area contributed by atoms with Crippen LogP contribution in [0.15, 0.2) is 47.6 Å². The molecule has 30 heavy (non-hydrogen) atoms. The molecule has 8 nitrogen and oxygen atoms in total. The van der Waals surface area contributed by atoms with E-state index in [0.29, 0.717) is 12.0 Å². The lowest BCUT2D eigenvalue weighted by atomic mass is 10.00. The number of benzene rings is 2. The Balaban J connectivity index is 1.76. The van der Waals surface area contributed by atoms with Gasteiger partial charge in [0.1, 0.15) is 11.4 Å². The highest BCUT2D eigenvalue weighted by Gasteiger charge is 2.46. The van der Waals surface area contributed by atoms with Crippen LogP contribution in [0, 0.1) is 5.82 Å². The minimum atomic E-state index is -0.982.